The van der Waals surface area contributed by atoms with Gasteiger partial charge in [0, 0.05) is 17.0 Å². The van der Waals surface area contributed by atoms with Crippen molar-refractivity contribution in [2.45, 2.75) is 66.2 Å². The number of hydrogen-bond donors (Lipinski definition) is 0. The monoisotopic (exact) mass is 326 g/mol. The lowest BCUT2D eigenvalue weighted by Crippen LogP contribution is -2.09. The first-order chi connectivity index (χ1) is 10.5. The maximum atomic E-state index is 11.2. The summed E-state index contributed by atoms with van der Waals surface area (Å²) in [5.41, 5.74) is 2.04. The molecule has 0 spiro atoms. The van der Waals surface area contributed by atoms with E-state index in [-0.39, 0.29) is 12.4 Å². The number of unbranched alkanes of at least 4 members (excludes halogenated alkanes) is 1. The molecule has 0 aliphatic heterocycles. The molecule has 1 rings (SSSR count). The van der Waals surface area contributed by atoms with Gasteiger partial charge in [0.2, 0.25) is 0 Å². The zero-order valence-corrected chi connectivity index (χ0v) is 14.8. The van der Waals surface area contributed by atoms with Gasteiger partial charge in [-0.1, -0.05) is 58.1 Å². The van der Waals surface area contributed by atoms with Gasteiger partial charge in [-0.25, -0.2) is 4.79 Å². The predicted octanol–water partition coefficient (Wildman–Crippen LogP) is 5.65. The molecule has 1 atom stereocenters. The first kappa shape index (κ1) is 18.8. The topological polar surface area (TPSA) is 35.5 Å². The smallest absolute Gasteiger partial charge is 0.287 e. The van der Waals surface area contributed by atoms with Gasteiger partial charge in [-0.05, 0) is 37.0 Å². The standard InChI is InChI=1S/C18H27ClO3/c1-5-8-9-14(6-2)12-15-13(4)17(11-10-16(15)19)21-22-18(20)7-3/h10-11,14H,5-9,12H2,1-4H3. The second-order valence-corrected chi connectivity index (χ2v) is 6.07. The summed E-state index contributed by atoms with van der Waals surface area (Å²) in [5, 5.41) is 0.751. The van der Waals surface area contributed by atoms with Crippen LogP contribution in [-0.4, -0.2) is 5.97 Å². The van der Waals surface area contributed by atoms with Crippen LogP contribution >= 0.6 is 11.6 Å². The molecule has 0 bridgehead atoms. The van der Waals surface area contributed by atoms with E-state index in [9.17, 15) is 4.79 Å². The molecule has 1 aromatic carbocycles. The van der Waals surface area contributed by atoms with Crippen molar-refractivity contribution in [1.82, 2.24) is 0 Å². The van der Waals surface area contributed by atoms with Crippen LogP contribution in [0.2, 0.25) is 5.02 Å². The molecule has 0 amide bonds. The summed E-state index contributed by atoms with van der Waals surface area (Å²) in [6.07, 6.45) is 6.00. The van der Waals surface area contributed by atoms with Gasteiger partial charge < -0.3 is 0 Å². The molecule has 0 aliphatic carbocycles. The Morgan fingerprint density at radius 2 is 2.00 bits per heavy atom. The molecule has 4 heteroatoms. The average Bonchev–Trinajstić information content (AvgIpc) is 2.53. The van der Waals surface area contributed by atoms with Crippen LogP contribution in [0.5, 0.6) is 5.75 Å². The van der Waals surface area contributed by atoms with Crippen molar-refractivity contribution >= 4 is 17.6 Å². The van der Waals surface area contributed by atoms with Crippen LogP contribution in [0.25, 0.3) is 0 Å². The summed E-state index contributed by atoms with van der Waals surface area (Å²) in [5.74, 6) is 0.793. The van der Waals surface area contributed by atoms with Gasteiger partial charge in [0.05, 0.1) is 0 Å². The van der Waals surface area contributed by atoms with Crippen molar-refractivity contribution in [1.29, 1.82) is 0 Å². The van der Waals surface area contributed by atoms with Gasteiger partial charge in [0.1, 0.15) is 0 Å². The van der Waals surface area contributed by atoms with E-state index in [1.54, 1.807) is 13.0 Å². The Morgan fingerprint density at radius 3 is 2.59 bits per heavy atom. The van der Waals surface area contributed by atoms with Crippen molar-refractivity contribution in [3.8, 4) is 5.75 Å². The lowest BCUT2D eigenvalue weighted by atomic mass is 9.90. The molecule has 0 fully saturated rings. The highest BCUT2D eigenvalue weighted by atomic mass is 35.5. The van der Waals surface area contributed by atoms with E-state index in [2.05, 4.69) is 13.8 Å². The third-order valence-electron chi connectivity index (χ3n) is 4.04. The summed E-state index contributed by atoms with van der Waals surface area (Å²) in [7, 11) is 0. The quantitative estimate of drug-likeness (QED) is 0.434. The molecular formula is C18H27ClO3. The number of rotatable bonds is 9. The van der Waals surface area contributed by atoms with Gasteiger partial charge in [-0.15, -0.1) is 0 Å². The number of benzene rings is 1. The van der Waals surface area contributed by atoms with Crippen LogP contribution in [0.15, 0.2) is 12.1 Å². The largest absolute Gasteiger partial charge is 0.355 e. The lowest BCUT2D eigenvalue weighted by molar-refractivity contribution is -0.213. The Bertz CT molecular complexity index is 485. The van der Waals surface area contributed by atoms with Crippen molar-refractivity contribution < 1.29 is 14.6 Å². The lowest BCUT2D eigenvalue weighted by Gasteiger charge is -2.18. The third-order valence-corrected chi connectivity index (χ3v) is 4.39. The van der Waals surface area contributed by atoms with Crippen LogP contribution in [0.3, 0.4) is 0 Å². The fourth-order valence-electron chi connectivity index (χ4n) is 2.43. The Labute approximate surface area is 138 Å². The minimum Gasteiger partial charge on any atom is -0.287 e. The minimum absolute atomic E-state index is 0.286. The van der Waals surface area contributed by atoms with Crippen LogP contribution < -0.4 is 4.89 Å². The molecule has 0 N–H and O–H groups in total. The van der Waals surface area contributed by atoms with Gasteiger partial charge in [0.15, 0.2) is 5.75 Å². The van der Waals surface area contributed by atoms with Crippen LogP contribution in [-0.2, 0) is 16.1 Å². The van der Waals surface area contributed by atoms with E-state index in [0.29, 0.717) is 11.7 Å². The van der Waals surface area contributed by atoms with Crippen molar-refractivity contribution in [3.05, 3.63) is 28.3 Å². The Hall–Kier alpha value is -1.22. The molecule has 0 radical (unpaired) electrons. The fourth-order valence-corrected chi connectivity index (χ4v) is 2.71. The second kappa shape index (κ2) is 9.73. The summed E-state index contributed by atoms with van der Waals surface area (Å²) >= 11 is 6.36. The Kier molecular flexibility index (Phi) is 8.32. The fraction of sp³-hybridized carbons (Fsp3) is 0.611. The maximum absolute atomic E-state index is 11.2. The molecular weight excluding hydrogens is 300 g/mol. The van der Waals surface area contributed by atoms with Crippen molar-refractivity contribution in [2.24, 2.45) is 5.92 Å². The van der Waals surface area contributed by atoms with Gasteiger partial charge in [0.25, 0.3) is 0 Å². The third kappa shape index (κ3) is 5.53. The van der Waals surface area contributed by atoms with Crippen molar-refractivity contribution in [2.75, 3.05) is 0 Å². The molecule has 0 heterocycles. The molecule has 3 nitrogen and oxygen atoms in total. The normalized spacial score (nSPS) is 12.0. The zero-order valence-electron chi connectivity index (χ0n) is 14.1. The van der Waals surface area contributed by atoms with Crippen molar-refractivity contribution in [3.63, 3.8) is 0 Å². The molecule has 0 aromatic heterocycles. The average molecular weight is 327 g/mol. The second-order valence-electron chi connectivity index (χ2n) is 5.66. The molecule has 0 saturated carbocycles. The van der Waals surface area contributed by atoms with E-state index in [1.807, 2.05) is 13.0 Å². The highest BCUT2D eigenvalue weighted by molar-refractivity contribution is 6.31. The number of hydrogen-bond acceptors (Lipinski definition) is 3. The van der Waals surface area contributed by atoms with Gasteiger partial charge >= 0.3 is 5.97 Å². The number of carbonyl (C=O) groups excluding carboxylic acids is 1. The molecule has 124 valence electrons. The molecule has 1 aromatic rings. The Balaban J connectivity index is 2.86. The van der Waals surface area contributed by atoms with E-state index >= 15 is 0 Å². The van der Waals surface area contributed by atoms with E-state index < -0.39 is 0 Å². The molecule has 1 unspecified atom stereocenters. The molecule has 0 saturated heterocycles. The highest BCUT2D eigenvalue weighted by Gasteiger charge is 2.16. The summed E-state index contributed by atoms with van der Waals surface area (Å²) in [6, 6.07) is 3.56. The molecule has 0 aliphatic rings. The summed E-state index contributed by atoms with van der Waals surface area (Å²) in [6.45, 7) is 8.11. The number of carbonyl (C=O) groups is 1. The highest BCUT2D eigenvalue weighted by Crippen LogP contribution is 2.32. The van der Waals surface area contributed by atoms with Crippen LogP contribution in [0, 0.1) is 12.8 Å². The predicted molar refractivity (Wildman–Crippen MR) is 90.2 cm³/mol. The van der Waals surface area contributed by atoms with Crippen LogP contribution in [0.1, 0.15) is 64.0 Å². The van der Waals surface area contributed by atoms with Crippen LogP contribution in [0.4, 0.5) is 0 Å². The van der Waals surface area contributed by atoms with E-state index in [1.165, 1.54) is 19.3 Å². The maximum Gasteiger partial charge on any atom is 0.355 e. The summed E-state index contributed by atoms with van der Waals surface area (Å²) < 4.78 is 0. The minimum atomic E-state index is -0.384. The van der Waals surface area contributed by atoms with E-state index in [0.717, 1.165) is 29.0 Å². The molecule has 22 heavy (non-hydrogen) atoms. The van der Waals surface area contributed by atoms with Gasteiger partial charge in [-0.2, -0.15) is 0 Å². The van der Waals surface area contributed by atoms with E-state index in [4.69, 9.17) is 21.4 Å². The SMILES string of the molecule is CCCCC(CC)Cc1c(Cl)ccc(OOC(=O)CC)c1C. The first-order valence-corrected chi connectivity index (χ1v) is 8.56. The number of halogens is 1. The zero-order chi connectivity index (χ0) is 16.5. The summed E-state index contributed by atoms with van der Waals surface area (Å²) in [4.78, 5) is 21.2. The Morgan fingerprint density at radius 1 is 1.27 bits per heavy atom. The first-order valence-electron chi connectivity index (χ1n) is 8.18. The van der Waals surface area contributed by atoms with Gasteiger partial charge in [-0.3, -0.25) is 9.78 Å².